The van der Waals surface area contributed by atoms with Crippen molar-refractivity contribution in [3.63, 3.8) is 0 Å². The second-order valence-electron chi connectivity index (χ2n) is 2.97. The fraction of sp³-hybridized carbons (Fsp3) is 0.300. The van der Waals surface area contributed by atoms with Crippen LogP contribution in [0.25, 0.3) is 0 Å². The van der Waals surface area contributed by atoms with E-state index in [-0.39, 0.29) is 31.2 Å². The van der Waals surface area contributed by atoms with Gasteiger partial charge in [0.2, 0.25) is 0 Å². The van der Waals surface area contributed by atoms with E-state index in [0.29, 0.717) is 18.5 Å². The van der Waals surface area contributed by atoms with Crippen LogP contribution >= 0.6 is 0 Å². The van der Waals surface area contributed by atoms with E-state index in [1.165, 1.54) is 6.20 Å². The van der Waals surface area contributed by atoms with Crippen molar-refractivity contribution in [1.82, 2.24) is 10.3 Å². The third kappa shape index (κ3) is 5.54. The Morgan fingerprint density at radius 2 is 2.19 bits per heavy atom. The quantitative estimate of drug-likeness (QED) is 0.404. The average Bonchev–Trinajstić information content (AvgIpc) is 2.25. The summed E-state index contributed by atoms with van der Waals surface area (Å²) in [5.41, 5.74) is 0.464. The number of carbonyl (C=O) groups excluding carboxylic acids is 2. The predicted molar refractivity (Wildman–Crippen MR) is 50.8 cm³/mol. The Balaban J connectivity index is 0.00000225. The number of rotatable bonds is 5. The van der Waals surface area contributed by atoms with E-state index in [2.05, 4.69) is 10.3 Å². The van der Waals surface area contributed by atoms with Crippen molar-refractivity contribution in [1.29, 1.82) is 0 Å². The first-order chi connectivity index (χ1) is 7.20. The molecule has 0 aliphatic heterocycles. The Bertz CT molecular complexity index is 343. The first-order valence-corrected chi connectivity index (χ1v) is 4.58. The van der Waals surface area contributed by atoms with Crippen LogP contribution < -0.4 is 29.3 Å². The number of amides is 1. The first kappa shape index (κ1) is 14.7. The van der Waals surface area contributed by atoms with E-state index < -0.39 is 5.97 Å². The number of pyridine rings is 1. The summed E-state index contributed by atoms with van der Waals surface area (Å²) < 4.78 is 0. The summed E-state index contributed by atoms with van der Waals surface area (Å²) in [6, 6.07) is 3.30. The molecule has 0 fully saturated rings. The van der Waals surface area contributed by atoms with Crippen molar-refractivity contribution in [2.45, 2.75) is 12.8 Å². The zero-order chi connectivity index (χ0) is 11.1. The topological polar surface area (TPSA) is 82.1 Å². The van der Waals surface area contributed by atoms with Crippen molar-refractivity contribution >= 4 is 11.9 Å². The van der Waals surface area contributed by atoms with Gasteiger partial charge in [-0.3, -0.25) is 9.78 Å². The minimum atomic E-state index is -1.11. The van der Waals surface area contributed by atoms with Crippen LogP contribution in [0.5, 0.6) is 0 Å². The molecule has 1 amide bonds. The van der Waals surface area contributed by atoms with Crippen molar-refractivity contribution in [2.24, 2.45) is 0 Å². The van der Waals surface area contributed by atoms with Gasteiger partial charge in [-0.15, -0.1) is 0 Å². The minimum absolute atomic E-state index is 0. The Morgan fingerprint density at radius 1 is 1.44 bits per heavy atom. The minimum Gasteiger partial charge on any atom is -0.550 e. The second kappa shape index (κ2) is 7.91. The molecule has 0 spiro atoms. The van der Waals surface area contributed by atoms with Gasteiger partial charge in [0.15, 0.2) is 0 Å². The van der Waals surface area contributed by atoms with Crippen LogP contribution in [0, 0.1) is 0 Å². The SMILES string of the molecule is O=C([O-])CCCNC(=O)c1cccnc1.[Li+]. The third-order valence-corrected chi connectivity index (χ3v) is 1.77. The van der Waals surface area contributed by atoms with Gasteiger partial charge < -0.3 is 15.2 Å². The summed E-state index contributed by atoms with van der Waals surface area (Å²) >= 11 is 0. The molecule has 0 aliphatic carbocycles. The maximum absolute atomic E-state index is 11.4. The van der Waals surface area contributed by atoms with E-state index >= 15 is 0 Å². The van der Waals surface area contributed by atoms with E-state index in [9.17, 15) is 14.7 Å². The maximum atomic E-state index is 11.4. The molecule has 0 bridgehead atoms. The van der Waals surface area contributed by atoms with Crippen molar-refractivity contribution < 1.29 is 33.6 Å². The zero-order valence-electron chi connectivity index (χ0n) is 9.10. The smallest absolute Gasteiger partial charge is 0.550 e. The Labute approximate surface area is 105 Å². The summed E-state index contributed by atoms with van der Waals surface area (Å²) in [4.78, 5) is 25.3. The summed E-state index contributed by atoms with van der Waals surface area (Å²) in [6.07, 6.45) is 3.35. The van der Waals surface area contributed by atoms with Crippen molar-refractivity contribution in [2.75, 3.05) is 6.54 Å². The van der Waals surface area contributed by atoms with E-state index in [1.807, 2.05) is 0 Å². The van der Waals surface area contributed by atoms with Crippen LogP contribution in [-0.4, -0.2) is 23.4 Å². The van der Waals surface area contributed by atoms with Gasteiger partial charge in [0.25, 0.3) is 5.91 Å². The molecule has 6 heteroatoms. The molecule has 0 aliphatic rings. The molecule has 1 aromatic rings. The van der Waals surface area contributed by atoms with Gasteiger partial charge in [-0.1, -0.05) is 0 Å². The molecule has 5 nitrogen and oxygen atoms in total. The molecular weight excluding hydrogens is 203 g/mol. The number of carboxylic acid groups (broad SMARTS) is 1. The fourth-order valence-electron chi connectivity index (χ4n) is 1.03. The molecular formula is C10H11LiN2O3. The number of aromatic nitrogens is 1. The molecule has 1 aromatic heterocycles. The first-order valence-electron chi connectivity index (χ1n) is 4.58. The van der Waals surface area contributed by atoms with E-state index in [4.69, 9.17) is 0 Å². The Kier molecular flexibility index (Phi) is 7.26. The molecule has 0 aromatic carbocycles. The normalized spacial score (nSPS) is 9.00. The van der Waals surface area contributed by atoms with Gasteiger partial charge in [0.05, 0.1) is 5.56 Å². The van der Waals surface area contributed by atoms with Gasteiger partial charge in [0.1, 0.15) is 0 Å². The van der Waals surface area contributed by atoms with Crippen LogP contribution in [0.4, 0.5) is 0 Å². The van der Waals surface area contributed by atoms with E-state index in [0.717, 1.165) is 0 Å². The van der Waals surface area contributed by atoms with Crippen LogP contribution in [0.15, 0.2) is 24.5 Å². The number of hydrogen-bond donors (Lipinski definition) is 1. The Morgan fingerprint density at radius 3 is 2.75 bits per heavy atom. The monoisotopic (exact) mass is 214 g/mol. The molecule has 16 heavy (non-hydrogen) atoms. The van der Waals surface area contributed by atoms with Crippen molar-refractivity contribution in [3.05, 3.63) is 30.1 Å². The molecule has 1 N–H and O–H groups in total. The number of carbonyl (C=O) groups is 2. The Hall–Kier alpha value is -1.31. The molecule has 0 saturated heterocycles. The average molecular weight is 214 g/mol. The van der Waals surface area contributed by atoms with E-state index in [1.54, 1.807) is 18.3 Å². The summed E-state index contributed by atoms with van der Waals surface area (Å²) in [5, 5.41) is 12.7. The molecule has 0 radical (unpaired) electrons. The number of nitrogens with one attached hydrogen (secondary N) is 1. The van der Waals surface area contributed by atoms with Gasteiger partial charge >= 0.3 is 18.9 Å². The second-order valence-corrected chi connectivity index (χ2v) is 2.97. The molecule has 80 valence electrons. The number of aliphatic carboxylic acids is 1. The van der Waals surface area contributed by atoms with Gasteiger partial charge in [-0.25, -0.2) is 0 Å². The maximum Gasteiger partial charge on any atom is 1.00 e. The molecule has 0 unspecified atom stereocenters. The van der Waals surface area contributed by atoms with Gasteiger partial charge in [-0.05, 0) is 25.0 Å². The standard InChI is InChI=1S/C10H12N2O3.Li/c13-9(14)4-2-6-12-10(15)8-3-1-5-11-7-8;/h1,3,5,7H,2,4,6H2,(H,12,15)(H,13,14);/q;+1/p-1. The van der Waals surface area contributed by atoms with Crippen LogP contribution in [0.1, 0.15) is 23.2 Å². The summed E-state index contributed by atoms with van der Waals surface area (Å²) in [6.45, 7) is 0.321. The van der Waals surface area contributed by atoms with Crippen LogP contribution in [-0.2, 0) is 4.79 Å². The number of hydrogen-bond acceptors (Lipinski definition) is 4. The zero-order valence-corrected chi connectivity index (χ0v) is 9.10. The molecule has 0 saturated carbocycles. The van der Waals surface area contributed by atoms with Gasteiger partial charge in [-0.2, -0.15) is 0 Å². The molecule has 0 atom stereocenters. The molecule has 1 heterocycles. The van der Waals surface area contributed by atoms with Crippen molar-refractivity contribution in [3.8, 4) is 0 Å². The number of nitrogens with zero attached hydrogens (tertiary/aromatic N) is 1. The largest absolute Gasteiger partial charge is 1.00 e. The third-order valence-electron chi connectivity index (χ3n) is 1.77. The van der Waals surface area contributed by atoms with Crippen LogP contribution in [0.3, 0.4) is 0 Å². The summed E-state index contributed by atoms with van der Waals surface area (Å²) in [5.74, 6) is -1.35. The van der Waals surface area contributed by atoms with Crippen LogP contribution in [0.2, 0.25) is 0 Å². The van der Waals surface area contributed by atoms with Gasteiger partial charge in [0, 0.05) is 24.9 Å². The molecule has 1 rings (SSSR count). The number of carboxylic acids is 1. The summed E-state index contributed by atoms with van der Waals surface area (Å²) in [7, 11) is 0. The fourth-order valence-corrected chi connectivity index (χ4v) is 1.03. The predicted octanol–water partition coefficient (Wildman–Crippen LogP) is -3.65.